The van der Waals surface area contributed by atoms with Crippen molar-refractivity contribution in [2.75, 3.05) is 13.2 Å². The zero-order valence-corrected chi connectivity index (χ0v) is 43.5. The van der Waals surface area contributed by atoms with E-state index in [2.05, 4.69) is 55.6 Å². The van der Waals surface area contributed by atoms with Crippen molar-refractivity contribution in [2.24, 2.45) is 0 Å². The Bertz CT molecular complexity index is 1060. The van der Waals surface area contributed by atoms with Crippen LogP contribution >= 0.6 is 0 Å². The van der Waals surface area contributed by atoms with Gasteiger partial charge in [-0.15, -0.1) is 0 Å². The van der Waals surface area contributed by atoms with Gasteiger partial charge in [-0.25, -0.2) is 0 Å². The second-order valence-electron chi connectivity index (χ2n) is 19.6. The van der Waals surface area contributed by atoms with Gasteiger partial charge in [0.05, 0.1) is 25.4 Å². The quantitative estimate of drug-likeness (QED) is 0.0321. The second-order valence-corrected chi connectivity index (χ2v) is 19.6. The fraction of sp³-hybridized carbons (Fsp3) is 0.864. The molecule has 0 aliphatic rings. The number of carbonyl (C=O) groups excluding carboxylic acids is 2. The number of rotatable bonds is 53. The molecular formula is C59H111NO5. The highest BCUT2D eigenvalue weighted by molar-refractivity contribution is 5.76. The minimum absolute atomic E-state index is 0.0504. The minimum Gasteiger partial charge on any atom is -0.466 e. The van der Waals surface area contributed by atoms with E-state index in [1.807, 2.05) is 0 Å². The van der Waals surface area contributed by atoms with E-state index < -0.39 is 12.1 Å². The van der Waals surface area contributed by atoms with Crippen LogP contribution in [0.3, 0.4) is 0 Å². The molecule has 0 saturated carbocycles. The summed E-state index contributed by atoms with van der Waals surface area (Å²) in [5, 5.41) is 23.3. The van der Waals surface area contributed by atoms with E-state index in [4.69, 9.17) is 4.74 Å². The average molecular weight is 915 g/mol. The van der Waals surface area contributed by atoms with Gasteiger partial charge in [-0.1, -0.05) is 249 Å². The number of aliphatic hydroxyl groups is 2. The lowest BCUT2D eigenvalue weighted by Crippen LogP contribution is -2.45. The SMILES string of the molecule is CCCC/C=C\C/C=C\CCCCCCCC(=O)OCCCC/C=C\CCCCCCC(=O)NC(CO)C(O)CCCCCCCCCCCCCCCCCCCCCCCCCC. The molecule has 2 unspecified atom stereocenters. The van der Waals surface area contributed by atoms with Crippen molar-refractivity contribution >= 4 is 11.9 Å². The lowest BCUT2D eigenvalue weighted by molar-refractivity contribution is -0.143. The molecule has 0 radical (unpaired) electrons. The van der Waals surface area contributed by atoms with Crippen LogP contribution in [-0.4, -0.2) is 47.4 Å². The normalized spacial score (nSPS) is 12.9. The predicted molar refractivity (Wildman–Crippen MR) is 283 cm³/mol. The van der Waals surface area contributed by atoms with Crippen molar-refractivity contribution in [3.63, 3.8) is 0 Å². The summed E-state index contributed by atoms with van der Waals surface area (Å²) < 4.78 is 5.43. The summed E-state index contributed by atoms with van der Waals surface area (Å²) in [5.74, 6) is -0.120. The van der Waals surface area contributed by atoms with Crippen molar-refractivity contribution in [3.05, 3.63) is 36.5 Å². The van der Waals surface area contributed by atoms with E-state index >= 15 is 0 Å². The molecule has 0 aromatic carbocycles. The molecule has 0 saturated heterocycles. The maximum absolute atomic E-state index is 12.5. The highest BCUT2D eigenvalue weighted by atomic mass is 16.5. The molecule has 0 fully saturated rings. The van der Waals surface area contributed by atoms with Gasteiger partial charge in [0.2, 0.25) is 5.91 Å². The van der Waals surface area contributed by atoms with Gasteiger partial charge in [0.25, 0.3) is 0 Å². The Labute approximate surface area is 404 Å². The number of hydrogen-bond donors (Lipinski definition) is 3. The van der Waals surface area contributed by atoms with Gasteiger partial charge < -0.3 is 20.3 Å². The van der Waals surface area contributed by atoms with Crippen molar-refractivity contribution in [1.29, 1.82) is 0 Å². The number of hydrogen-bond acceptors (Lipinski definition) is 5. The molecule has 6 heteroatoms. The van der Waals surface area contributed by atoms with Gasteiger partial charge in [-0.2, -0.15) is 0 Å². The molecule has 0 aromatic heterocycles. The van der Waals surface area contributed by atoms with E-state index in [9.17, 15) is 19.8 Å². The summed E-state index contributed by atoms with van der Waals surface area (Å²) in [5.41, 5.74) is 0. The zero-order valence-electron chi connectivity index (χ0n) is 43.5. The maximum Gasteiger partial charge on any atom is 0.305 e. The summed E-state index contributed by atoms with van der Waals surface area (Å²) in [6, 6.07) is -0.569. The van der Waals surface area contributed by atoms with Crippen LogP contribution in [0.2, 0.25) is 0 Å². The van der Waals surface area contributed by atoms with Crippen LogP contribution in [0, 0.1) is 0 Å². The van der Waals surface area contributed by atoms with Gasteiger partial charge >= 0.3 is 5.97 Å². The van der Waals surface area contributed by atoms with E-state index in [1.165, 1.54) is 180 Å². The molecule has 1 amide bonds. The summed E-state index contributed by atoms with van der Waals surface area (Å²) in [6.45, 7) is 4.83. The molecule has 3 N–H and O–H groups in total. The van der Waals surface area contributed by atoms with E-state index in [-0.39, 0.29) is 18.5 Å². The fourth-order valence-corrected chi connectivity index (χ4v) is 8.71. The second kappa shape index (κ2) is 54.7. The largest absolute Gasteiger partial charge is 0.466 e. The average Bonchev–Trinajstić information content (AvgIpc) is 3.31. The van der Waals surface area contributed by atoms with Crippen LogP contribution in [0.25, 0.3) is 0 Å². The van der Waals surface area contributed by atoms with Crippen LogP contribution in [-0.2, 0) is 14.3 Å². The third-order valence-corrected chi connectivity index (χ3v) is 13.2. The van der Waals surface area contributed by atoms with Gasteiger partial charge in [0, 0.05) is 12.8 Å². The molecule has 0 aliphatic carbocycles. The molecule has 0 heterocycles. The molecule has 6 nitrogen and oxygen atoms in total. The maximum atomic E-state index is 12.5. The predicted octanol–water partition coefficient (Wildman–Crippen LogP) is 17.6. The number of allylic oxidation sites excluding steroid dienone is 6. The molecule has 0 bridgehead atoms. The molecule has 0 spiro atoms. The van der Waals surface area contributed by atoms with Crippen LogP contribution in [0.1, 0.15) is 303 Å². The van der Waals surface area contributed by atoms with E-state index in [0.717, 1.165) is 89.9 Å². The fourth-order valence-electron chi connectivity index (χ4n) is 8.71. The Morgan fingerprint density at radius 2 is 0.785 bits per heavy atom. The molecule has 0 rings (SSSR count). The zero-order chi connectivity index (χ0) is 47.2. The smallest absolute Gasteiger partial charge is 0.305 e. The highest BCUT2D eigenvalue weighted by Gasteiger charge is 2.20. The van der Waals surface area contributed by atoms with E-state index in [0.29, 0.717) is 25.9 Å². The number of nitrogens with one attached hydrogen (secondary N) is 1. The molecule has 0 aliphatic heterocycles. The molecule has 65 heavy (non-hydrogen) atoms. The Balaban J connectivity index is 3.51. The summed E-state index contributed by atoms with van der Waals surface area (Å²) in [6.07, 6.45) is 67.1. The number of carbonyl (C=O) groups is 2. The standard InChI is InChI=1S/C59H111NO5/c1-3-5-7-9-11-13-15-17-19-20-21-22-23-24-25-26-27-28-29-31-35-39-43-47-51-57(62)56(55-61)60-58(63)52-48-44-40-36-33-34-38-42-46-50-54-65-59(64)53-49-45-41-37-32-30-18-16-14-12-10-8-6-4-2/h10,12,16,18,34,38,56-57,61-62H,3-9,11,13-15,17,19-33,35-37,39-55H2,1-2H3,(H,60,63)/b12-10-,18-16-,38-34-. The third-order valence-electron chi connectivity index (χ3n) is 13.2. The molecular weight excluding hydrogens is 803 g/mol. The van der Waals surface area contributed by atoms with Gasteiger partial charge in [-0.3, -0.25) is 9.59 Å². The van der Waals surface area contributed by atoms with Crippen LogP contribution in [0.5, 0.6) is 0 Å². The first-order valence-electron chi connectivity index (χ1n) is 28.7. The molecule has 0 aromatic rings. The van der Waals surface area contributed by atoms with Crippen molar-refractivity contribution in [2.45, 2.75) is 315 Å². The Morgan fingerprint density at radius 3 is 1.23 bits per heavy atom. The highest BCUT2D eigenvalue weighted by Crippen LogP contribution is 2.17. The van der Waals surface area contributed by atoms with Gasteiger partial charge in [0.1, 0.15) is 0 Å². The number of unbranched alkanes of at least 4 members (excludes halogenated alkanes) is 36. The van der Waals surface area contributed by atoms with Gasteiger partial charge in [0.15, 0.2) is 0 Å². The van der Waals surface area contributed by atoms with Crippen molar-refractivity contribution in [3.8, 4) is 0 Å². The summed E-state index contributed by atoms with van der Waals surface area (Å²) >= 11 is 0. The van der Waals surface area contributed by atoms with E-state index in [1.54, 1.807) is 0 Å². The lowest BCUT2D eigenvalue weighted by atomic mass is 10.0. The Morgan fingerprint density at radius 1 is 0.431 bits per heavy atom. The Kier molecular flexibility index (Phi) is 53.1. The van der Waals surface area contributed by atoms with Crippen molar-refractivity contribution in [1.82, 2.24) is 5.32 Å². The van der Waals surface area contributed by atoms with Crippen LogP contribution in [0.15, 0.2) is 36.5 Å². The lowest BCUT2D eigenvalue weighted by Gasteiger charge is -2.22. The van der Waals surface area contributed by atoms with Gasteiger partial charge in [-0.05, 0) is 77.0 Å². The number of ether oxygens (including phenoxy) is 1. The summed E-state index contributed by atoms with van der Waals surface area (Å²) in [4.78, 5) is 24.5. The number of amides is 1. The first-order valence-corrected chi connectivity index (χ1v) is 28.7. The first kappa shape index (κ1) is 63.1. The number of esters is 1. The monoisotopic (exact) mass is 914 g/mol. The number of aliphatic hydroxyl groups excluding tert-OH is 2. The molecule has 382 valence electrons. The first-order chi connectivity index (χ1) is 32.0. The van der Waals surface area contributed by atoms with Crippen LogP contribution in [0.4, 0.5) is 0 Å². The summed E-state index contributed by atoms with van der Waals surface area (Å²) in [7, 11) is 0. The third kappa shape index (κ3) is 51.3. The minimum atomic E-state index is -0.689. The molecule has 2 atom stereocenters. The van der Waals surface area contributed by atoms with Crippen LogP contribution < -0.4 is 5.32 Å². The topological polar surface area (TPSA) is 95.9 Å². The van der Waals surface area contributed by atoms with Crippen molar-refractivity contribution < 1.29 is 24.5 Å². The Hall–Kier alpha value is -1.92.